The van der Waals surface area contributed by atoms with Gasteiger partial charge in [0.2, 0.25) is 0 Å². The minimum absolute atomic E-state index is 0.0273. The number of nitro groups is 1. The van der Waals surface area contributed by atoms with Crippen molar-refractivity contribution in [1.29, 1.82) is 0 Å². The third-order valence-corrected chi connectivity index (χ3v) is 3.19. The van der Waals surface area contributed by atoms with Crippen LogP contribution in [0, 0.1) is 10.1 Å². The first-order valence-corrected chi connectivity index (χ1v) is 6.54. The lowest BCUT2D eigenvalue weighted by molar-refractivity contribution is -0.385. The van der Waals surface area contributed by atoms with Gasteiger partial charge in [-0.1, -0.05) is 30.3 Å². The summed E-state index contributed by atoms with van der Waals surface area (Å²) in [6, 6.07) is 11.5. The first kappa shape index (κ1) is 13.5. The molecule has 1 aromatic heterocycles. The van der Waals surface area contributed by atoms with E-state index in [9.17, 15) is 10.1 Å². The van der Waals surface area contributed by atoms with E-state index in [1.165, 1.54) is 17.8 Å². The van der Waals surface area contributed by atoms with Gasteiger partial charge >= 0.3 is 0 Å². The van der Waals surface area contributed by atoms with Crippen LogP contribution in [0.3, 0.4) is 0 Å². The predicted molar refractivity (Wildman–Crippen MR) is 77.2 cm³/mol. The normalized spacial score (nSPS) is 10.2. The number of anilines is 1. The van der Waals surface area contributed by atoms with E-state index in [0.717, 1.165) is 6.42 Å². The molecule has 5 nitrogen and oxygen atoms in total. The van der Waals surface area contributed by atoms with Gasteiger partial charge in [-0.15, -0.1) is 0 Å². The molecule has 98 valence electrons. The summed E-state index contributed by atoms with van der Waals surface area (Å²) in [5.41, 5.74) is 1.20. The molecule has 0 saturated carbocycles. The van der Waals surface area contributed by atoms with Crippen LogP contribution >= 0.6 is 15.9 Å². The van der Waals surface area contributed by atoms with Gasteiger partial charge in [-0.2, -0.15) is 0 Å². The van der Waals surface area contributed by atoms with Crippen molar-refractivity contribution >= 4 is 27.4 Å². The van der Waals surface area contributed by atoms with E-state index in [4.69, 9.17) is 0 Å². The highest BCUT2D eigenvalue weighted by Crippen LogP contribution is 2.24. The Labute approximate surface area is 119 Å². The molecule has 2 aromatic rings. The maximum absolute atomic E-state index is 10.6. The minimum atomic E-state index is -0.467. The summed E-state index contributed by atoms with van der Waals surface area (Å²) < 4.78 is 0.592. The average Bonchev–Trinajstić information content (AvgIpc) is 2.41. The minimum Gasteiger partial charge on any atom is -0.369 e. The second-order valence-corrected chi connectivity index (χ2v) is 4.80. The summed E-state index contributed by atoms with van der Waals surface area (Å²) in [4.78, 5) is 14.2. The van der Waals surface area contributed by atoms with Gasteiger partial charge in [0.25, 0.3) is 5.69 Å². The molecule has 0 bridgehead atoms. The van der Waals surface area contributed by atoms with Crippen molar-refractivity contribution in [3.05, 3.63) is 62.7 Å². The number of rotatable bonds is 5. The average molecular weight is 322 g/mol. The van der Waals surface area contributed by atoms with Crippen LogP contribution < -0.4 is 5.32 Å². The number of benzene rings is 1. The molecule has 1 heterocycles. The molecule has 19 heavy (non-hydrogen) atoms. The molecule has 0 fully saturated rings. The standard InChI is InChI=1S/C13H12BrN3O2/c14-12-8-11(17(18)19)9-16-13(12)15-7-6-10-4-2-1-3-5-10/h1-5,8-9H,6-7H2,(H,15,16). The van der Waals surface area contributed by atoms with E-state index in [-0.39, 0.29) is 5.69 Å². The Balaban J connectivity index is 1.95. The fourth-order valence-electron chi connectivity index (χ4n) is 1.63. The zero-order valence-electron chi connectivity index (χ0n) is 10.0. The molecule has 2 rings (SSSR count). The molecule has 0 spiro atoms. The van der Waals surface area contributed by atoms with Crippen molar-refractivity contribution < 1.29 is 4.92 Å². The van der Waals surface area contributed by atoms with E-state index in [0.29, 0.717) is 16.8 Å². The highest BCUT2D eigenvalue weighted by molar-refractivity contribution is 9.10. The second kappa shape index (κ2) is 6.29. The Kier molecular flexibility index (Phi) is 4.46. The number of pyridine rings is 1. The molecule has 1 N–H and O–H groups in total. The third kappa shape index (κ3) is 3.75. The fraction of sp³-hybridized carbons (Fsp3) is 0.154. The molecule has 6 heteroatoms. The van der Waals surface area contributed by atoms with Gasteiger partial charge in [-0.3, -0.25) is 10.1 Å². The monoisotopic (exact) mass is 321 g/mol. The highest BCUT2D eigenvalue weighted by Gasteiger charge is 2.09. The molecule has 0 aliphatic carbocycles. The Morgan fingerprint density at radius 3 is 2.68 bits per heavy atom. The van der Waals surface area contributed by atoms with Crippen LogP contribution in [0.25, 0.3) is 0 Å². The lowest BCUT2D eigenvalue weighted by Gasteiger charge is -2.07. The molecule has 0 radical (unpaired) electrons. The van der Waals surface area contributed by atoms with Gasteiger partial charge in [0.1, 0.15) is 12.0 Å². The summed E-state index contributed by atoms with van der Waals surface area (Å²) in [6.07, 6.45) is 2.11. The topological polar surface area (TPSA) is 68.1 Å². The van der Waals surface area contributed by atoms with Crippen molar-refractivity contribution in [2.24, 2.45) is 0 Å². The first-order valence-electron chi connectivity index (χ1n) is 5.74. The van der Waals surface area contributed by atoms with Crippen molar-refractivity contribution in [1.82, 2.24) is 4.98 Å². The first-order chi connectivity index (χ1) is 9.16. The largest absolute Gasteiger partial charge is 0.369 e. The second-order valence-electron chi connectivity index (χ2n) is 3.94. The maximum atomic E-state index is 10.6. The highest BCUT2D eigenvalue weighted by atomic mass is 79.9. The number of aromatic nitrogens is 1. The predicted octanol–water partition coefficient (Wildman–Crippen LogP) is 3.41. The Bertz CT molecular complexity index is 575. The van der Waals surface area contributed by atoms with Gasteiger partial charge in [-0.05, 0) is 27.9 Å². The Hall–Kier alpha value is -1.95. The van der Waals surface area contributed by atoms with Gasteiger partial charge < -0.3 is 5.32 Å². The molecule has 0 saturated heterocycles. The Morgan fingerprint density at radius 1 is 1.32 bits per heavy atom. The van der Waals surface area contributed by atoms with Gasteiger partial charge in [0, 0.05) is 12.6 Å². The molecule has 1 aromatic carbocycles. The summed E-state index contributed by atoms with van der Waals surface area (Å²) in [6.45, 7) is 0.716. The summed E-state index contributed by atoms with van der Waals surface area (Å²) in [7, 11) is 0. The third-order valence-electron chi connectivity index (χ3n) is 2.59. The number of hydrogen-bond donors (Lipinski definition) is 1. The number of nitrogens with zero attached hydrogens (tertiary/aromatic N) is 2. The smallest absolute Gasteiger partial charge is 0.288 e. The lowest BCUT2D eigenvalue weighted by atomic mass is 10.1. The molecule has 0 atom stereocenters. The van der Waals surface area contributed by atoms with E-state index in [1.54, 1.807) is 0 Å². The van der Waals surface area contributed by atoms with Crippen molar-refractivity contribution in [3.63, 3.8) is 0 Å². The van der Waals surface area contributed by atoms with Gasteiger partial charge in [-0.25, -0.2) is 4.98 Å². The molecular formula is C13H12BrN3O2. The van der Waals surface area contributed by atoms with Crippen LogP contribution in [0.5, 0.6) is 0 Å². The van der Waals surface area contributed by atoms with Gasteiger partial charge in [0.05, 0.1) is 9.40 Å². The lowest BCUT2D eigenvalue weighted by Crippen LogP contribution is -2.07. The van der Waals surface area contributed by atoms with Crippen LogP contribution in [-0.4, -0.2) is 16.5 Å². The summed E-state index contributed by atoms with van der Waals surface area (Å²) >= 11 is 3.27. The SMILES string of the molecule is O=[N+]([O-])c1cnc(NCCc2ccccc2)c(Br)c1. The van der Waals surface area contributed by atoms with Crippen LogP contribution in [0.1, 0.15) is 5.56 Å². The van der Waals surface area contributed by atoms with Crippen molar-refractivity contribution in [2.75, 3.05) is 11.9 Å². The summed E-state index contributed by atoms with van der Waals surface area (Å²) in [5.74, 6) is 0.613. The van der Waals surface area contributed by atoms with E-state index in [1.807, 2.05) is 18.2 Å². The van der Waals surface area contributed by atoms with Crippen LogP contribution in [0.2, 0.25) is 0 Å². The molecule has 0 unspecified atom stereocenters. The quantitative estimate of drug-likeness (QED) is 0.677. The van der Waals surface area contributed by atoms with E-state index < -0.39 is 4.92 Å². The maximum Gasteiger partial charge on any atom is 0.288 e. The molecule has 0 aliphatic heterocycles. The Morgan fingerprint density at radius 2 is 2.05 bits per heavy atom. The number of nitrogens with one attached hydrogen (secondary N) is 1. The van der Waals surface area contributed by atoms with Crippen molar-refractivity contribution in [3.8, 4) is 0 Å². The molecule has 0 amide bonds. The summed E-state index contributed by atoms with van der Waals surface area (Å²) in [5, 5.41) is 13.7. The van der Waals surface area contributed by atoms with Crippen LogP contribution in [0.15, 0.2) is 47.1 Å². The number of hydrogen-bond acceptors (Lipinski definition) is 4. The van der Waals surface area contributed by atoms with E-state index >= 15 is 0 Å². The number of halogens is 1. The van der Waals surface area contributed by atoms with Crippen molar-refractivity contribution in [2.45, 2.75) is 6.42 Å². The molecule has 0 aliphatic rings. The fourth-order valence-corrected chi connectivity index (χ4v) is 2.10. The zero-order chi connectivity index (χ0) is 13.7. The van der Waals surface area contributed by atoms with Crippen LogP contribution in [0.4, 0.5) is 11.5 Å². The van der Waals surface area contributed by atoms with E-state index in [2.05, 4.69) is 38.4 Å². The van der Waals surface area contributed by atoms with Crippen LogP contribution in [-0.2, 0) is 6.42 Å². The van der Waals surface area contributed by atoms with Gasteiger partial charge in [0.15, 0.2) is 0 Å². The zero-order valence-corrected chi connectivity index (χ0v) is 11.6. The molecular weight excluding hydrogens is 310 g/mol.